The van der Waals surface area contributed by atoms with Crippen LogP contribution in [0.2, 0.25) is 0 Å². The van der Waals surface area contributed by atoms with E-state index in [2.05, 4.69) is 11.3 Å². The van der Waals surface area contributed by atoms with E-state index in [4.69, 9.17) is 24.7 Å². The molecule has 5 N–H and O–H groups in total. The molecule has 0 aliphatic carbocycles. The van der Waals surface area contributed by atoms with E-state index in [1.54, 1.807) is 18.2 Å². The van der Waals surface area contributed by atoms with Gasteiger partial charge in [0.2, 0.25) is 0 Å². The minimum absolute atomic E-state index is 0.0126. The van der Waals surface area contributed by atoms with Crippen molar-refractivity contribution in [3.63, 3.8) is 0 Å². The first-order valence-corrected chi connectivity index (χ1v) is 25.7. The van der Waals surface area contributed by atoms with Crippen LogP contribution in [0.3, 0.4) is 0 Å². The van der Waals surface area contributed by atoms with Gasteiger partial charge in [0.05, 0.1) is 23.1 Å². The van der Waals surface area contributed by atoms with E-state index in [0.29, 0.717) is 23.2 Å². The van der Waals surface area contributed by atoms with Gasteiger partial charge in [-0.25, -0.2) is 4.21 Å². The number of rotatable bonds is 18. The van der Waals surface area contributed by atoms with Crippen LogP contribution < -0.4 is 19.9 Å². The van der Waals surface area contributed by atoms with Crippen molar-refractivity contribution in [1.29, 1.82) is 0 Å². The molecule has 0 aromatic heterocycles. The Labute approximate surface area is 398 Å². The summed E-state index contributed by atoms with van der Waals surface area (Å²) in [7, 11) is -2.02. The second-order valence-corrected chi connectivity index (χ2v) is 23.9. The summed E-state index contributed by atoms with van der Waals surface area (Å²) >= 11 is 0. The molecular weight excluding hydrogens is 861 g/mol. The number of phenols is 3. The zero-order valence-corrected chi connectivity index (χ0v) is 44.1. The molecule has 0 radical (unpaired) electrons. The molecule has 1 aliphatic rings. The predicted molar refractivity (Wildman–Crippen MR) is 273 cm³/mol. The van der Waals surface area contributed by atoms with E-state index in [0.717, 1.165) is 79.9 Å². The van der Waals surface area contributed by atoms with E-state index in [9.17, 15) is 23.7 Å². The van der Waals surface area contributed by atoms with Crippen LogP contribution in [0, 0.1) is 5.92 Å². The fourth-order valence-electron chi connectivity index (χ4n) is 5.75. The maximum atomic E-state index is 12.2. The lowest BCUT2D eigenvalue weighted by molar-refractivity contribution is 0.198. The Morgan fingerprint density at radius 3 is 1.35 bits per heavy atom. The molecule has 4 atom stereocenters. The monoisotopic (exact) mass is 947 g/mol. The lowest BCUT2D eigenvalue weighted by Gasteiger charge is -2.21. The van der Waals surface area contributed by atoms with Gasteiger partial charge in [-0.3, -0.25) is 4.21 Å². The maximum Gasteiger partial charge on any atom is 0.161 e. The molecule has 0 bridgehead atoms. The van der Waals surface area contributed by atoms with Gasteiger partial charge < -0.3 is 40.0 Å². The Kier molecular flexibility index (Phi) is 27.3. The van der Waals surface area contributed by atoms with Crippen LogP contribution in [0.1, 0.15) is 153 Å². The Balaban J connectivity index is 0.000000466. The van der Waals surface area contributed by atoms with Crippen LogP contribution in [0.25, 0.3) is 0 Å². The van der Waals surface area contributed by atoms with Crippen LogP contribution in [0.15, 0.2) is 59.0 Å². The highest BCUT2D eigenvalue weighted by Gasteiger charge is 2.22. The largest absolute Gasteiger partial charge is 0.504 e. The van der Waals surface area contributed by atoms with Gasteiger partial charge in [-0.2, -0.15) is 4.40 Å². The molecule has 4 rings (SSSR count). The predicted octanol–water partition coefficient (Wildman–Crippen LogP) is 11.6. The zero-order valence-electron chi connectivity index (χ0n) is 42.5. The molecule has 0 spiro atoms. The Morgan fingerprint density at radius 2 is 1.03 bits per heavy atom. The zero-order chi connectivity index (χ0) is 49.5. The number of benzene rings is 3. The summed E-state index contributed by atoms with van der Waals surface area (Å²) in [6, 6.07) is 16.6. The number of nitrogens with zero attached hydrogens (tertiary/aromatic N) is 1. The molecule has 1 fully saturated rings. The van der Waals surface area contributed by atoms with Crippen molar-refractivity contribution in [2.45, 2.75) is 189 Å². The van der Waals surface area contributed by atoms with Crippen LogP contribution in [0.5, 0.6) is 34.5 Å². The molecule has 370 valence electrons. The average molecular weight is 947 g/mol. The number of phenolic OH excluding ortho intramolecular Hbond substituents is 3. The number of ether oxygens (including phenoxy) is 4. The van der Waals surface area contributed by atoms with Gasteiger partial charge in [-0.15, -0.1) is 0 Å². The molecule has 1 saturated heterocycles. The molecule has 11 nitrogen and oxygen atoms in total. The number of nitrogens with two attached hydrogens (primary N) is 1. The molecule has 1 aliphatic heterocycles. The third-order valence-electron chi connectivity index (χ3n) is 9.46. The third-order valence-corrected chi connectivity index (χ3v) is 13.2. The Hall–Kier alpha value is -3.65. The van der Waals surface area contributed by atoms with E-state index < -0.39 is 21.8 Å². The number of hydrogen-bond acceptors (Lipinski definition) is 10. The molecule has 65 heavy (non-hydrogen) atoms. The number of hydrogen-bond donors (Lipinski definition) is 4. The quantitative estimate of drug-likeness (QED) is 0.0900. The van der Waals surface area contributed by atoms with E-state index in [-0.39, 0.29) is 51.1 Å². The summed E-state index contributed by atoms with van der Waals surface area (Å²) in [5.74, 6) is 3.25. The molecule has 13 heteroatoms. The minimum Gasteiger partial charge on any atom is -0.504 e. The molecular formula is C52H86N2O9S2. The van der Waals surface area contributed by atoms with Crippen LogP contribution >= 0.6 is 0 Å². The minimum atomic E-state index is -1.22. The highest BCUT2D eigenvalue weighted by molar-refractivity contribution is 7.86. The second-order valence-electron chi connectivity index (χ2n) is 19.7. The van der Waals surface area contributed by atoms with Gasteiger partial charge in [0.15, 0.2) is 34.5 Å². The summed E-state index contributed by atoms with van der Waals surface area (Å²) in [4.78, 5) is 0. The first kappa shape index (κ1) is 59.4. The second kappa shape index (κ2) is 29.9. The SMILES string of the molecule is C1CCOC1.CC(C)Oc1cc(CC[C@@H](C)C[S@](=O)C(C)(C)C)ccc1O.CC(C)Oc1cc(CC[C@@H](C)N)ccc1O.CC(CCc1ccc(O)c(OC(C)C)c1)=N[S@](=O)C(C)(C)C. The van der Waals surface area contributed by atoms with E-state index in [1.807, 2.05) is 133 Å². The van der Waals surface area contributed by atoms with Crippen molar-refractivity contribution in [2.24, 2.45) is 16.0 Å². The lowest BCUT2D eigenvalue weighted by atomic mass is 10.0. The van der Waals surface area contributed by atoms with Crippen molar-refractivity contribution in [2.75, 3.05) is 19.0 Å². The van der Waals surface area contributed by atoms with Gasteiger partial charge in [-0.05, 0) is 207 Å². The fraction of sp³-hybridized carbons (Fsp3) is 0.635. The van der Waals surface area contributed by atoms with Gasteiger partial charge in [-0.1, -0.05) is 25.1 Å². The van der Waals surface area contributed by atoms with Crippen molar-refractivity contribution >= 4 is 27.5 Å². The smallest absolute Gasteiger partial charge is 0.161 e. The fourth-order valence-corrected chi connectivity index (χ4v) is 7.58. The Morgan fingerprint density at radius 1 is 0.646 bits per heavy atom. The van der Waals surface area contributed by atoms with Crippen molar-refractivity contribution in [3.05, 3.63) is 71.3 Å². The standard InChI is InChI=1S/C18H30O3S.C17H27NO3S.C13H21NO2.C4H8O/c1-13(2)21-17-11-15(9-10-16(17)19)8-7-14(3)12-22(20)18(4,5)6;1-12(2)21-16-11-14(9-10-15(16)19)8-7-13(3)18-22(20)17(4,5)6;1-9(2)16-13-8-11(5-4-10(3)14)6-7-12(13)15;1-2-4-5-3-1/h9-11,13-14,19H,7-8,12H2,1-6H3;9-12,19H,7-8H2,1-6H3;6-10,15H,4-5,14H2,1-3H3;1-4H2/t14-,22+;22-;10-;/m111./s1. The van der Waals surface area contributed by atoms with Crippen molar-refractivity contribution in [1.82, 2.24) is 0 Å². The van der Waals surface area contributed by atoms with Gasteiger partial charge in [0, 0.05) is 46.3 Å². The van der Waals surface area contributed by atoms with Gasteiger partial charge >= 0.3 is 0 Å². The van der Waals surface area contributed by atoms with Crippen molar-refractivity contribution in [3.8, 4) is 34.5 Å². The summed E-state index contributed by atoms with van der Waals surface area (Å²) in [5.41, 5.74) is 9.92. The summed E-state index contributed by atoms with van der Waals surface area (Å²) in [5, 5.41) is 29.2. The third kappa shape index (κ3) is 26.9. The molecule has 1 heterocycles. The molecule has 0 amide bonds. The summed E-state index contributed by atoms with van der Waals surface area (Å²) in [6.45, 7) is 31.4. The highest BCUT2D eigenvalue weighted by atomic mass is 32.2. The van der Waals surface area contributed by atoms with Gasteiger partial charge in [0.25, 0.3) is 0 Å². The van der Waals surface area contributed by atoms with Crippen LogP contribution in [-0.4, -0.2) is 82.3 Å². The van der Waals surface area contributed by atoms with Crippen molar-refractivity contribution < 1.29 is 42.7 Å². The average Bonchev–Trinajstić information content (AvgIpc) is 3.79. The number of aromatic hydroxyl groups is 3. The van der Waals surface area contributed by atoms with E-state index in [1.165, 1.54) is 12.8 Å². The first-order valence-electron chi connectivity index (χ1n) is 23.3. The highest BCUT2D eigenvalue weighted by Crippen LogP contribution is 2.31. The van der Waals surface area contributed by atoms with Gasteiger partial charge in [0.1, 0.15) is 11.0 Å². The molecule has 3 aromatic carbocycles. The summed E-state index contributed by atoms with van der Waals surface area (Å²) < 4.78 is 49.5. The number of aryl methyl sites for hydroxylation is 3. The molecule has 0 saturated carbocycles. The normalized spacial score (nSPS) is 14.8. The van der Waals surface area contributed by atoms with Crippen LogP contribution in [-0.2, 0) is 45.8 Å². The van der Waals surface area contributed by atoms with Crippen LogP contribution in [0.4, 0.5) is 0 Å². The first-order chi connectivity index (χ1) is 30.2. The van der Waals surface area contributed by atoms with E-state index >= 15 is 0 Å². The topological polar surface area (TPSA) is 170 Å². The Bertz CT molecular complexity index is 1890. The molecule has 3 aromatic rings. The molecule has 0 unspecified atom stereocenters. The maximum absolute atomic E-state index is 12.2. The lowest BCUT2D eigenvalue weighted by Crippen LogP contribution is -2.26. The summed E-state index contributed by atoms with van der Waals surface area (Å²) in [6.07, 6.45) is 7.89.